The zero-order chi connectivity index (χ0) is 8.27. The molecule has 52 valence electrons. The zero-order valence-corrected chi connectivity index (χ0v) is 6.13. The molecule has 11 heavy (non-hydrogen) atoms. The monoisotopic (exact) mass is 142 g/mol. The Morgan fingerprint density at radius 3 is 2.36 bits per heavy atom. The second-order valence-electron chi connectivity index (χ2n) is 2.19. The van der Waals surface area contributed by atoms with Crippen LogP contribution in [0.15, 0.2) is 18.2 Å². The minimum atomic E-state index is 0.593. The van der Waals surface area contributed by atoms with Gasteiger partial charge in [-0.2, -0.15) is 0 Å². The molecule has 0 aromatic heterocycles. The Bertz CT molecular complexity index is 353. The quantitative estimate of drug-likeness (QED) is 0.492. The predicted octanol–water partition coefficient (Wildman–Crippen LogP) is 3.10. The van der Waals surface area contributed by atoms with E-state index in [4.69, 9.17) is 13.1 Å². The molecule has 2 nitrogen and oxygen atoms in total. The first kappa shape index (κ1) is 7.31. The van der Waals surface area contributed by atoms with Gasteiger partial charge in [-0.3, -0.25) is 0 Å². The van der Waals surface area contributed by atoms with Gasteiger partial charge in [-0.15, -0.1) is 0 Å². The molecule has 0 aliphatic heterocycles. The van der Waals surface area contributed by atoms with E-state index in [1.807, 2.05) is 6.92 Å². The molecule has 0 atom stereocenters. The van der Waals surface area contributed by atoms with Gasteiger partial charge in [-0.25, -0.2) is 9.69 Å². The second kappa shape index (κ2) is 2.86. The molecule has 0 saturated carbocycles. The van der Waals surface area contributed by atoms with Crippen molar-refractivity contribution in [1.29, 1.82) is 0 Å². The van der Waals surface area contributed by atoms with Crippen molar-refractivity contribution >= 4 is 11.4 Å². The molecule has 1 aromatic rings. The lowest BCUT2D eigenvalue weighted by Crippen LogP contribution is -1.69. The molecular weight excluding hydrogens is 136 g/mol. The van der Waals surface area contributed by atoms with E-state index in [-0.39, 0.29) is 0 Å². The number of hydrogen-bond donors (Lipinski definition) is 0. The number of hydrogen-bond acceptors (Lipinski definition) is 0. The van der Waals surface area contributed by atoms with E-state index in [2.05, 4.69) is 9.69 Å². The van der Waals surface area contributed by atoms with E-state index in [0.717, 1.165) is 5.56 Å². The maximum absolute atomic E-state index is 6.76. The fraction of sp³-hybridized carbons (Fsp3) is 0.111. The Kier molecular flexibility index (Phi) is 1.90. The summed E-state index contributed by atoms with van der Waals surface area (Å²) in [4.78, 5) is 6.55. The van der Waals surface area contributed by atoms with Crippen LogP contribution in [-0.4, -0.2) is 0 Å². The summed E-state index contributed by atoms with van der Waals surface area (Å²) in [6.07, 6.45) is 0. The molecule has 0 aliphatic carbocycles. The summed E-state index contributed by atoms with van der Waals surface area (Å²) in [5, 5.41) is 0. The first-order valence-electron chi connectivity index (χ1n) is 3.13. The minimum absolute atomic E-state index is 0.593. The van der Waals surface area contributed by atoms with E-state index >= 15 is 0 Å². The van der Waals surface area contributed by atoms with Crippen LogP contribution in [0, 0.1) is 20.1 Å². The van der Waals surface area contributed by atoms with E-state index in [1.54, 1.807) is 18.2 Å². The standard InChI is InChI=1S/C9H6N2/c1-7-6-8(10-2)4-5-9(7)11-3/h4-6H,1H3. The lowest BCUT2D eigenvalue weighted by Gasteiger charge is -1.95. The largest absolute Gasteiger partial charge is 0.238 e. The van der Waals surface area contributed by atoms with Crippen LogP contribution in [-0.2, 0) is 0 Å². The predicted molar refractivity (Wildman–Crippen MR) is 43.7 cm³/mol. The average molecular weight is 142 g/mol. The van der Waals surface area contributed by atoms with E-state index in [0.29, 0.717) is 11.4 Å². The summed E-state index contributed by atoms with van der Waals surface area (Å²) in [5.74, 6) is 0. The van der Waals surface area contributed by atoms with Crippen molar-refractivity contribution in [2.45, 2.75) is 6.92 Å². The summed E-state index contributed by atoms with van der Waals surface area (Å²) in [6.45, 7) is 15.3. The maximum Gasteiger partial charge on any atom is 0.187 e. The topological polar surface area (TPSA) is 8.72 Å². The molecular formula is C9H6N2. The highest BCUT2D eigenvalue weighted by atomic mass is 14.7. The Balaban J connectivity index is 3.25. The number of benzene rings is 1. The fourth-order valence-corrected chi connectivity index (χ4v) is 0.835. The normalized spacial score (nSPS) is 8.27. The molecule has 0 saturated heterocycles. The van der Waals surface area contributed by atoms with Gasteiger partial charge < -0.3 is 0 Å². The van der Waals surface area contributed by atoms with E-state index in [9.17, 15) is 0 Å². The number of aryl methyl sites for hydroxylation is 1. The van der Waals surface area contributed by atoms with Crippen molar-refractivity contribution < 1.29 is 0 Å². The second-order valence-corrected chi connectivity index (χ2v) is 2.19. The third-order valence-electron chi connectivity index (χ3n) is 1.43. The van der Waals surface area contributed by atoms with Crippen LogP contribution < -0.4 is 0 Å². The van der Waals surface area contributed by atoms with Crippen molar-refractivity contribution in [1.82, 2.24) is 0 Å². The molecule has 0 unspecified atom stereocenters. The zero-order valence-electron chi connectivity index (χ0n) is 6.13. The summed E-state index contributed by atoms with van der Waals surface area (Å²) >= 11 is 0. The summed E-state index contributed by atoms with van der Waals surface area (Å²) in [7, 11) is 0. The van der Waals surface area contributed by atoms with Gasteiger partial charge in [-0.05, 0) is 0 Å². The average Bonchev–Trinajstić information content (AvgIpc) is 2.04. The highest BCUT2D eigenvalue weighted by Crippen LogP contribution is 2.23. The SMILES string of the molecule is [C-]#[N+]c1ccc([N+]#[C-])c(C)c1. The molecule has 0 N–H and O–H groups in total. The number of rotatable bonds is 0. The van der Waals surface area contributed by atoms with Gasteiger partial charge >= 0.3 is 0 Å². The maximum atomic E-state index is 6.76. The molecule has 0 amide bonds. The molecule has 0 aliphatic rings. The highest BCUT2D eigenvalue weighted by molar-refractivity contribution is 5.60. The van der Waals surface area contributed by atoms with Gasteiger partial charge in [0.1, 0.15) is 0 Å². The van der Waals surface area contributed by atoms with Crippen molar-refractivity contribution in [2.24, 2.45) is 0 Å². The molecule has 0 bridgehead atoms. The lowest BCUT2D eigenvalue weighted by molar-refractivity contribution is 1.50. The van der Waals surface area contributed by atoms with Crippen molar-refractivity contribution in [2.75, 3.05) is 0 Å². The van der Waals surface area contributed by atoms with Crippen molar-refractivity contribution in [3.63, 3.8) is 0 Å². The Labute approximate surface area is 65.7 Å². The highest BCUT2D eigenvalue weighted by Gasteiger charge is 1.96. The van der Waals surface area contributed by atoms with Crippen LogP contribution in [0.4, 0.5) is 11.4 Å². The van der Waals surface area contributed by atoms with Gasteiger partial charge in [0.05, 0.1) is 13.1 Å². The first-order chi connectivity index (χ1) is 5.27. The first-order valence-corrected chi connectivity index (χ1v) is 3.13. The Morgan fingerprint density at radius 2 is 1.91 bits per heavy atom. The Morgan fingerprint density at radius 1 is 1.18 bits per heavy atom. The van der Waals surface area contributed by atoms with Gasteiger partial charge in [0.15, 0.2) is 11.4 Å². The van der Waals surface area contributed by atoms with Crippen molar-refractivity contribution in [3.8, 4) is 0 Å². The molecule has 1 aromatic carbocycles. The summed E-state index contributed by atoms with van der Waals surface area (Å²) < 4.78 is 0. The van der Waals surface area contributed by atoms with E-state index < -0.39 is 0 Å². The van der Waals surface area contributed by atoms with Crippen LogP contribution in [0.2, 0.25) is 0 Å². The molecule has 1 rings (SSSR count). The molecule has 0 spiro atoms. The number of nitrogens with zero attached hydrogens (tertiary/aromatic N) is 2. The van der Waals surface area contributed by atoms with Crippen molar-refractivity contribution in [3.05, 3.63) is 46.6 Å². The van der Waals surface area contributed by atoms with Gasteiger partial charge in [0.25, 0.3) is 0 Å². The molecule has 0 heterocycles. The van der Waals surface area contributed by atoms with Crippen LogP contribution in [0.3, 0.4) is 0 Å². The van der Waals surface area contributed by atoms with E-state index in [1.165, 1.54) is 0 Å². The summed E-state index contributed by atoms with van der Waals surface area (Å²) in [5.41, 5.74) is 2.08. The van der Waals surface area contributed by atoms with Gasteiger partial charge in [0, 0.05) is 0 Å². The third kappa shape index (κ3) is 1.36. The molecule has 2 heteroatoms. The summed E-state index contributed by atoms with van der Waals surface area (Å²) in [6, 6.07) is 5.06. The van der Waals surface area contributed by atoms with Gasteiger partial charge in [0.2, 0.25) is 0 Å². The van der Waals surface area contributed by atoms with Crippen LogP contribution in [0.25, 0.3) is 9.69 Å². The van der Waals surface area contributed by atoms with Crippen LogP contribution in [0.5, 0.6) is 0 Å². The minimum Gasteiger partial charge on any atom is -0.238 e. The molecule has 0 radical (unpaired) electrons. The lowest BCUT2D eigenvalue weighted by atomic mass is 10.2. The Hall–Kier alpha value is -1.80. The smallest absolute Gasteiger partial charge is 0.187 e. The molecule has 0 fully saturated rings. The third-order valence-corrected chi connectivity index (χ3v) is 1.43. The van der Waals surface area contributed by atoms with Crippen LogP contribution >= 0.6 is 0 Å². The fourth-order valence-electron chi connectivity index (χ4n) is 0.835. The van der Waals surface area contributed by atoms with Gasteiger partial charge in [-0.1, -0.05) is 30.7 Å². The van der Waals surface area contributed by atoms with Crippen LogP contribution in [0.1, 0.15) is 5.56 Å².